The van der Waals surface area contributed by atoms with Crippen LogP contribution in [-0.4, -0.2) is 67.3 Å². The van der Waals surface area contributed by atoms with Gasteiger partial charge in [0, 0.05) is 31.6 Å². The Morgan fingerprint density at radius 2 is 1.88 bits per heavy atom. The topological polar surface area (TPSA) is 37.8 Å². The standard InChI is InChI=1S/C24H32F3N3O2S/c1-18(19-5-7-20(8-6-19)31-13-11-29-9-3-2-4-10-29)15-30-12-14-32-22(16-30)21-17-33-23(28-21)24(25,26)27/h5-8,17-18,22H,2-4,9-16H2,1H3. The van der Waals surface area contributed by atoms with E-state index < -0.39 is 17.3 Å². The van der Waals surface area contributed by atoms with Crippen molar-refractivity contribution in [1.82, 2.24) is 14.8 Å². The summed E-state index contributed by atoms with van der Waals surface area (Å²) >= 11 is 0.628. The Kier molecular flexibility index (Phi) is 8.27. The molecular formula is C24H32F3N3O2S. The lowest BCUT2D eigenvalue weighted by molar-refractivity contribution is -0.138. The Labute approximate surface area is 197 Å². The molecule has 2 aromatic rings. The second-order valence-electron chi connectivity index (χ2n) is 8.92. The first-order chi connectivity index (χ1) is 15.9. The Hall–Kier alpha value is -1.68. The minimum absolute atomic E-state index is 0.285. The molecule has 4 rings (SSSR count). The lowest BCUT2D eigenvalue weighted by Crippen LogP contribution is -2.40. The zero-order chi connectivity index (χ0) is 23.3. The van der Waals surface area contributed by atoms with Gasteiger partial charge in [0.05, 0.1) is 12.3 Å². The number of benzene rings is 1. The van der Waals surface area contributed by atoms with Gasteiger partial charge in [-0.25, -0.2) is 4.98 Å². The fourth-order valence-corrected chi connectivity index (χ4v) is 5.20. The van der Waals surface area contributed by atoms with Gasteiger partial charge in [-0.05, 0) is 49.5 Å². The highest BCUT2D eigenvalue weighted by molar-refractivity contribution is 7.09. The van der Waals surface area contributed by atoms with Gasteiger partial charge in [-0.3, -0.25) is 9.80 Å². The highest BCUT2D eigenvalue weighted by Crippen LogP contribution is 2.34. The lowest BCUT2D eigenvalue weighted by atomic mass is 10.00. The van der Waals surface area contributed by atoms with Gasteiger partial charge in [0.25, 0.3) is 0 Å². The van der Waals surface area contributed by atoms with Crippen molar-refractivity contribution < 1.29 is 22.6 Å². The molecule has 0 spiro atoms. The molecule has 3 heterocycles. The van der Waals surface area contributed by atoms with E-state index in [1.807, 2.05) is 12.1 Å². The van der Waals surface area contributed by atoms with E-state index in [1.165, 1.54) is 43.3 Å². The molecule has 1 aromatic heterocycles. The Bertz CT molecular complexity index is 869. The molecule has 5 nitrogen and oxygen atoms in total. The first kappa shape index (κ1) is 24.4. The summed E-state index contributed by atoms with van der Waals surface area (Å²) in [6, 6.07) is 8.26. The highest BCUT2D eigenvalue weighted by atomic mass is 32.1. The first-order valence-corrected chi connectivity index (χ1v) is 12.6. The molecule has 1 aromatic carbocycles. The second-order valence-corrected chi connectivity index (χ2v) is 9.77. The molecular weight excluding hydrogens is 451 g/mol. The largest absolute Gasteiger partial charge is 0.492 e. The minimum Gasteiger partial charge on any atom is -0.492 e. The molecule has 0 N–H and O–H groups in total. The number of likely N-dealkylation sites (tertiary alicyclic amines) is 1. The summed E-state index contributed by atoms with van der Waals surface area (Å²) < 4.78 is 50.3. The number of rotatable bonds is 8. The molecule has 2 aliphatic heterocycles. The van der Waals surface area contributed by atoms with Gasteiger partial charge in [0.2, 0.25) is 0 Å². The van der Waals surface area contributed by atoms with E-state index in [-0.39, 0.29) is 5.92 Å². The quantitative estimate of drug-likeness (QED) is 0.516. The Balaban J connectivity index is 1.25. The number of alkyl halides is 3. The zero-order valence-electron chi connectivity index (χ0n) is 19.0. The van der Waals surface area contributed by atoms with Crippen LogP contribution in [0.1, 0.15) is 54.5 Å². The van der Waals surface area contributed by atoms with Crippen LogP contribution in [0.15, 0.2) is 29.6 Å². The molecule has 0 amide bonds. The van der Waals surface area contributed by atoms with Crippen molar-refractivity contribution in [3.63, 3.8) is 0 Å². The van der Waals surface area contributed by atoms with E-state index in [1.54, 1.807) is 0 Å². The van der Waals surface area contributed by atoms with Crippen LogP contribution in [0, 0.1) is 0 Å². The first-order valence-electron chi connectivity index (χ1n) is 11.7. The Morgan fingerprint density at radius 1 is 1.12 bits per heavy atom. The molecule has 33 heavy (non-hydrogen) atoms. The Morgan fingerprint density at radius 3 is 2.58 bits per heavy atom. The minimum atomic E-state index is -4.41. The van der Waals surface area contributed by atoms with Gasteiger partial charge in [-0.15, -0.1) is 11.3 Å². The predicted molar refractivity (Wildman–Crippen MR) is 123 cm³/mol. The van der Waals surface area contributed by atoms with Crippen molar-refractivity contribution in [2.45, 2.75) is 44.4 Å². The van der Waals surface area contributed by atoms with E-state index in [2.05, 4.69) is 33.8 Å². The zero-order valence-corrected chi connectivity index (χ0v) is 19.8. The summed E-state index contributed by atoms with van der Waals surface area (Å²) in [6.07, 6.45) is -0.917. The summed E-state index contributed by atoms with van der Waals surface area (Å²) in [5, 5.41) is 0.648. The van der Waals surface area contributed by atoms with Crippen molar-refractivity contribution in [2.75, 3.05) is 52.5 Å². The number of ether oxygens (including phenoxy) is 2. The maximum Gasteiger partial charge on any atom is 0.443 e. The van der Waals surface area contributed by atoms with Crippen molar-refractivity contribution >= 4 is 11.3 Å². The molecule has 2 fully saturated rings. The second kappa shape index (κ2) is 11.2. The number of thiazole rings is 1. The number of morpholine rings is 1. The van der Waals surface area contributed by atoms with Gasteiger partial charge in [-0.1, -0.05) is 25.5 Å². The average molecular weight is 484 g/mol. The summed E-state index contributed by atoms with van der Waals surface area (Å²) in [5.41, 5.74) is 1.59. The van der Waals surface area contributed by atoms with Crippen LogP contribution in [-0.2, 0) is 10.9 Å². The monoisotopic (exact) mass is 483 g/mol. The number of aromatic nitrogens is 1. The molecule has 0 radical (unpaired) electrons. The van der Waals surface area contributed by atoms with Crippen molar-refractivity contribution in [2.24, 2.45) is 0 Å². The number of piperidine rings is 1. The van der Waals surface area contributed by atoms with Crippen molar-refractivity contribution in [1.29, 1.82) is 0 Å². The molecule has 2 aliphatic rings. The summed E-state index contributed by atoms with van der Waals surface area (Å²) in [4.78, 5) is 8.47. The normalized spacial score (nSPS) is 21.8. The van der Waals surface area contributed by atoms with Gasteiger partial charge in [0.15, 0.2) is 5.01 Å². The van der Waals surface area contributed by atoms with Crippen LogP contribution in [0.25, 0.3) is 0 Å². The smallest absolute Gasteiger partial charge is 0.443 e. The van der Waals surface area contributed by atoms with Crippen LogP contribution in [0.5, 0.6) is 5.75 Å². The molecule has 2 unspecified atom stereocenters. The van der Waals surface area contributed by atoms with Crippen LogP contribution < -0.4 is 4.74 Å². The predicted octanol–water partition coefficient (Wildman–Crippen LogP) is 5.20. The number of nitrogens with zero attached hydrogens (tertiary/aromatic N) is 3. The third-order valence-electron chi connectivity index (χ3n) is 6.35. The summed E-state index contributed by atoms with van der Waals surface area (Å²) in [6.45, 7) is 8.80. The maximum atomic E-state index is 12.9. The summed E-state index contributed by atoms with van der Waals surface area (Å²) in [5.74, 6) is 1.17. The van der Waals surface area contributed by atoms with Gasteiger partial charge < -0.3 is 9.47 Å². The fraction of sp³-hybridized carbons (Fsp3) is 0.625. The molecule has 9 heteroatoms. The van der Waals surface area contributed by atoms with Gasteiger partial charge >= 0.3 is 6.18 Å². The number of hydrogen-bond acceptors (Lipinski definition) is 6. The van der Waals surface area contributed by atoms with Crippen molar-refractivity contribution in [3.05, 3.63) is 45.9 Å². The van der Waals surface area contributed by atoms with E-state index in [9.17, 15) is 13.2 Å². The van der Waals surface area contributed by atoms with Gasteiger partial charge in [0.1, 0.15) is 18.5 Å². The van der Waals surface area contributed by atoms with E-state index in [0.717, 1.165) is 25.4 Å². The molecule has 0 bridgehead atoms. The third-order valence-corrected chi connectivity index (χ3v) is 7.26. The molecule has 2 saturated heterocycles. The third kappa shape index (κ3) is 6.91. The van der Waals surface area contributed by atoms with E-state index in [0.29, 0.717) is 36.8 Å². The van der Waals surface area contributed by atoms with Gasteiger partial charge in [-0.2, -0.15) is 13.2 Å². The lowest BCUT2D eigenvalue weighted by Gasteiger charge is -2.34. The molecule has 0 saturated carbocycles. The fourth-order valence-electron chi connectivity index (χ4n) is 4.47. The van der Waals surface area contributed by atoms with Crippen LogP contribution in [0.4, 0.5) is 13.2 Å². The molecule has 2 atom stereocenters. The van der Waals surface area contributed by atoms with Crippen LogP contribution in [0.2, 0.25) is 0 Å². The van der Waals surface area contributed by atoms with E-state index >= 15 is 0 Å². The SMILES string of the molecule is CC(CN1CCOC(c2csc(C(F)(F)F)n2)C1)c1ccc(OCCN2CCCCC2)cc1. The average Bonchev–Trinajstić information content (AvgIpc) is 3.32. The van der Waals surface area contributed by atoms with Crippen LogP contribution in [0.3, 0.4) is 0 Å². The summed E-state index contributed by atoms with van der Waals surface area (Å²) in [7, 11) is 0. The number of hydrogen-bond donors (Lipinski definition) is 0. The maximum absolute atomic E-state index is 12.9. The highest BCUT2D eigenvalue weighted by Gasteiger charge is 2.36. The van der Waals surface area contributed by atoms with Crippen molar-refractivity contribution in [3.8, 4) is 5.75 Å². The van der Waals surface area contributed by atoms with Crippen LogP contribution >= 0.6 is 11.3 Å². The van der Waals surface area contributed by atoms with E-state index in [4.69, 9.17) is 9.47 Å². The molecule has 182 valence electrons. The molecule has 0 aliphatic carbocycles. The number of halogens is 3.